The Kier molecular flexibility index (Phi) is 5.89. The van der Waals surface area contributed by atoms with Gasteiger partial charge in [-0.1, -0.05) is 35.9 Å². The van der Waals surface area contributed by atoms with E-state index in [2.05, 4.69) is 14.9 Å². The molecule has 1 atom stereocenters. The second kappa shape index (κ2) is 8.35. The first-order valence-electron chi connectivity index (χ1n) is 8.09. The lowest BCUT2D eigenvalue weighted by atomic mass is 10.0. The Labute approximate surface area is 163 Å². The summed E-state index contributed by atoms with van der Waals surface area (Å²) in [5.41, 5.74) is 2.23. The molecule has 0 aliphatic rings. The van der Waals surface area contributed by atoms with E-state index in [0.29, 0.717) is 34.0 Å². The first-order chi connectivity index (χ1) is 13.3. The number of nitrogens with one attached hydrogen (secondary N) is 1. The Morgan fingerprint density at radius 3 is 2.64 bits per heavy atom. The van der Waals surface area contributed by atoms with Crippen molar-refractivity contribution in [2.45, 2.75) is 18.9 Å². The third kappa shape index (κ3) is 5.26. The van der Waals surface area contributed by atoms with E-state index in [4.69, 9.17) is 16.3 Å². The van der Waals surface area contributed by atoms with Gasteiger partial charge in [0.25, 0.3) is 6.47 Å². The maximum absolute atomic E-state index is 12.4. The molecule has 0 aliphatic heterocycles. The minimum Gasteiger partial charge on any atom is -0.459 e. The predicted molar refractivity (Wildman–Crippen MR) is 95.8 cm³/mol. The molecule has 0 amide bonds. The third-order valence-electron chi connectivity index (χ3n) is 3.84. The van der Waals surface area contributed by atoms with Crippen LogP contribution in [0.1, 0.15) is 17.4 Å². The quantitative estimate of drug-likeness (QED) is 0.551. The number of ether oxygens (including phenoxy) is 2. The summed E-state index contributed by atoms with van der Waals surface area (Å²) in [4.78, 5) is 10.9. The molecule has 5 nitrogen and oxygen atoms in total. The number of halogens is 4. The summed E-state index contributed by atoms with van der Waals surface area (Å²) < 4.78 is 46.2. The summed E-state index contributed by atoms with van der Waals surface area (Å²) in [6, 6.07) is 14.1. The van der Waals surface area contributed by atoms with E-state index < -0.39 is 12.5 Å². The highest BCUT2D eigenvalue weighted by Crippen LogP contribution is 2.29. The number of carbonyl (C=O) groups is 1. The van der Waals surface area contributed by atoms with Gasteiger partial charge in [0.1, 0.15) is 11.9 Å². The van der Waals surface area contributed by atoms with E-state index in [1.54, 1.807) is 36.4 Å². The zero-order valence-corrected chi connectivity index (χ0v) is 15.0. The van der Waals surface area contributed by atoms with Gasteiger partial charge in [-0.05, 0) is 35.9 Å². The zero-order chi connectivity index (χ0) is 20.1. The molecular weight excluding hydrogens is 397 g/mol. The van der Waals surface area contributed by atoms with Crippen LogP contribution in [0.3, 0.4) is 0 Å². The number of hydrogen-bond donors (Lipinski definition) is 1. The van der Waals surface area contributed by atoms with E-state index in [-0.39, 0.29) is 12.2 Å². The summed E-state index contributed by atoms with van der Waals surface area (Å²) in [7, 11) is 0. The van der Waals surface area contributed by atoms with Gasteiger partial charge < -0.3 is 9.47 Å². The van der Waals surface area contributed by atoms with Crippen molar-refractivity contribution in [3.05, 3.63) is 70.9 Å². The molecule has 0 fully saturated rings. The number of carbonyl (C=O) groups excluding carboxylic acids is 1. The van der Waals surface area contributed by atoms with Crippen molar-refractivity contribution in [2.24, 2.45) is 0 Å². The summed E-state index contributed by atoms with van der Waals surface area (Å²) >= 11 is 5.98. The Hall–Kier alpha value is -3.00. The second-order valence-electron chi connectivity index (χ2n) is 5.83. The number of alkyl halides is 3. The van der Waals surface area contributed by atoms with Crippen LogP contribution in [0.5, 0.6) is 5.75 Å². The number of H-pyrrole nitrogens is 1. The van der Waals surface area contributed by atoms with Gasteiger partial charge in [-0.25, -0.2) is 0 Å². The van der Waals surface area contributed by atoms with Crippen molar-refractivity contribution in [2.75, 3.05) is 0 Å². The molecule has 1 aromatic heterocycles. The van der Waals surface area contributed by atoms with Crippen LogP contribution in [-0.4, -0.2) is 23.0 Å². The van der Waals surface area contributed by atoms with E-state index >= 15 is 0 Å². The highest BCUT2D eigenvalue weighted by Gasteiger charge is 2.31. The number of aromatic amines is 1. The molecule has 28 heavy (non-hydrogen) atoms. The van der Waals surface area contributed by atoms with Crippen LogP contribution in [0.25, 0.3) is 11.3 Å². The van der Waals surface area contributed by atoms with Gasteiger partial charge in [0.15, 0.2) is 0 Å². The maximum Gasteiger partial charge on any atom is 0.573 e. The number of rotatable bonds is 7. The number of aromatic nitrogens is 2. The topological polar surface area (TPSA) is 64.2 Å². The summed E-state index contributed by atoms with van der Waals surface area (Å²) in [6.07, 6.45) is -5.12. The normalized spacial score (nSPS) is 12.4. The highest BCUT2D eigenvalue weighted by molar-refractivity contribution is 6.30. The monoisotopic (exact) mass is 410 g/mol. The van der Waals surface area contributed by atoms with Crippen molar-refractivity contribution in [1.82, 2.24) is 10.2 Å². The largest absolute Gasteiger partial charge is 0.573 e. The first kappa shape index (κ1) is 19.8. The van der Waals surface area contributed by atoms with Gasteiger partial charge in [-0.2, -0.15) is 5.10 Å². The molecule has 0 spiro atoms. The zero-order valence-electron chi connectivity index (χ0n) is 14.2. The van der Waals surface area contributed by atoms with Crippen molar-refractivity contribution >= 4 is 18.1 Å². The molecule has 0 bridgehead atoms. The lowest BCUT2D eigenvalue weighted by molar-refractivity contribution is -0.274. The van der Waals surface area contributed by atoms with Crippen LogP contribution < -0.4 is 4.74 Å². The number of hydrogen-bond acceptors (Lipinski definition) is 4. The molecule has 0 saturated heterocycles. The Morgan fingerprint density at radius 2 is 1.93 bits per heavy atom. The predicted octanol–water partition coefficient (Wildman–Crippen LogP) is 5.09. The lowest BCUT2D eigenvalue weighted by Crippen LogP contribution is -2.17. The standard InChI is InChI=1S/C19H14ClF3N2O3/c20-14-5-1-4-13(7-14)18(27-11-26)10-15-9-17(25-24-15)12-3-2-6-16(8-12)28-19(21,22)23/h1-9,11,18H,10H2,(H,24,25). The Balaban J connectivity index is 1.79. The molecule has 0 aliphatic carbocycles. The van der Waals surface area contributed by atoms with Gasteiger partial charge in [-0.15, -0.1) is 13.2 Å². The van der Waals surface area contributed by atoms with Gasteiger partial charge in [-0.3, -0.25) is 9.89 Å². The summed E-state index contributed by atoms with van der Waals surface area (Å²) in [6.45, 7) is 0.344. The molecule has 146 valence electrons. The lowest BCUT2D eigenvalue weighted by Gasteiger charge is -2.14. The molecule has 2 aromatic carbocycles. The maximum atomic E-state index is 12.4. The molecule has 0 radical (unpaired) electrons. The van der Waals surface area contributed by atoms with Crippen LogP contribution in [0.4, 0.5) is 13.2 Å². The van der Waals surface area contributed by atoms with E-state index in [1.165, 1.54) is 18.2 Å². The van der Waals surface area contributed by atoms with Crippen LogP contribution in [0.2, 0.25) is 5.02 Å². The van der Waals surface area contributed by atoms with Gasteiger partial charge in [0, 0.05) is 17.0 Å². The molecule has 3 rings (SSSR count). The van der Waals surface area contributed by atoms with Crippen LogP contribution >= 0.6 is 11.6 Å². The van der Waals surface area contributed by atoms with Crippen LogP contribution in [0, 0.1) is 0 Å². The summed E-state index contributed by atoms with van der Waals surface area (Å²) in [5.74, 6) is -0.331. The van der Waals surface area contributed by atoms with Crippen molar-refractivity contribution in [1.29, 1.82) is 0 Å². The smallest absolute Gasteiger partial charge is 0.459 e. The summed E-state index contributed by atoms with van der Waals surface area (Å²) in [5, 5.41) is 7.42. The fourth-order valence-electron chi connectivity index (χ4n) is 2.68. The van der Waals surface area contributed by atoms with E-state index in [0.717, 1.165) is 0 Å². The molecule has 9 heteroatoms. The Morgan fingerprint density at radius 1 is 1.14 bits per heavy atom. The number of nitrogens with zero attached hydrogens (tertiary/aromatic N) is 1. The van der Waals surface area contributed by atoms with Gasteiger partial charge >= 0.3 is 6.36 Å². The molecule has 1 heterocycles. The SMILES string of the molecule is O=COC(Cc1cc(-c2cccc(OC(F)(F)F)c2)[nH]n1)c1cccc(Cl)c1. The van der Waals surface area contributed by atoms with E-state index in [9.17, 15) is 18.0 Å². The minimum absolute atomic E-state index is 0.258. The third-order valence-corrected chi connectivity index (χ3v) is 4.08. The average molecular weight is 411 g/mol. The fraction of sp³-hybridized carbons (Fsp3) is 0.158. The molecule has 1 N–H and O–H groups in total. The van der Waals surface area contributed by atoms with Crippen LogP contribution in [0.15, 0.2) is 54.6 Å². The molecule has 3 aromatic rings. The first-order valence-corrected chi connectivity index (χ1v) is 8.47. The van der Waals surface area contributed by atoms with E-state index in [1.807, 2.05) is 0 Å². The average Bonchev–Trinajstić information content (AvgIpc) is 3.09. The molecular formula is C19H14ClF3N2O3. The number of benzene rings is 2. The minimum atomic E-state index is -4.77. The molecule has 0 saturated carbocycles. The highest BCUT2D eigenvalue weighted by atomic mass is 35.5. The van der Waals surface area contributed by atoms with Crippen molar-refractivity contribution < 1.29 is 27.4 Å². The van der Waals surface area contributed by atoms with Crippen molar-refractivity contribution in [3.8, 4) is 17.0 Å². The van der Waals surface area contributed by atoms with Crippen molar-refractivity contribution in [3.63, 3.8) is 0 Å². The van der Waals surface area contributed by atoms with Gasteiger partial charge in [0.05, 0.1) is 11.4 Å². The Bertz CT molecular complexity index is 959. The van der Waals surface area contributed by atoms with Gasteiger partial charge in [0.2, 0.25) is 0 Å². The molecule has 1 unspecified atom stereocenters. The van der Waals surface area contributed by atoms with Crippen LogP contribution in [-0.2, 0) is 16.0 Å². The fourth-order valence-corrected chi connectivity index (χ4v) is 2.88. The second-order valence-corrected chi connectivity index (χ2v) is 6.27.